The van der Waals surface area contributed by atoms with Gasteiger partial charge in [-0.2, -0.15) is 5.26 Å². The second kappa shape index (κ2) is 24.2. The van der Waals surface area contributed by atoms with Crippen molar-refractivity contribution in [2.24, 2.45) is 0 Å². The molecular formula is C98H64N6. The van der Waals surface area contributed by atoms with Crippen LogP contribution in [0.1, 0.15) is 16.7 Å². The molecule has 104 heavy (non-hydrogen) atoms. The van der Waals surface area contributed by atoms with Gasteiger partial charge < -0.3 is 18.3 Å². The number of nitriles is 1. The van der Waals surface area contributed by atoms with Crippen molar-refractivity contribution in [3.05, 3.63) is 369 Å². The largest absolute Gasteiger partial charge is 0.309 e. The number of nitrogens with zero attached hydrogens (tertiary/aromatic N) is 6. The van der Waals surface area contributed by atoms with Crippen LogP contribution in [0.3, 0.4) is 0 Å². The Morgan fingerprint density at radius 3 is 0.856 bits per heavy atom. The molecule has 486 valence electrons. The maximum atomic E-state index is 12.6. The first kappa shape index (κ1) is 60.1. The zero-order chi connectivity index (χ0) is 69.1. The van der Waals surface area contributed by atoms with Crippen LogP contribution in [0, 0.1) is 25.2 Å². The first-order chi connectivity index (χ1) is 51.4. The van der Waals surface area contributed by atoms with Crippen LogP contribution in [0.2, 0.25) is 0 Å². The first-order valence-corrected chi connectivity index (χ1v) is 35.5. The monoisotopic (exact) mass is 1320 g/mol. The van der Waals surface area contributed by atoms with E-state index in [-0.39, 0.29) is 0 Å². The second-order valence-electron chi connectivity index (χ2n) is 27.4. The van der Waals surface area contributed by atoms with Gasteiger partial charge in [0.1, 0.15) is 6.07 Å². The van der Waals surface area contributed by atoms with Crippen molar-refractivity contribution < 1.29 is 0 Å². The molecule has 15 aromatic carbocycles. The number of hydrogen-bond acceptors (Lipinski definition) is 2. The number of hydrogen-bond donors (Lipinski definition) is 0. The minimum Gasteiger partial charge on any atom is -0.309 e. The lowest BCUT2D eigenvalue weighted by Gasteiger charge is -2.26. The SMILES string of the molecule is Cc1ccc2c(c1)c1ccccc1n2-c1ccc(-c2c(C#N)c(-c3cccnc3)c(-c3ccc(-n4c5ccccc5c5cc(C)ccc54)cc3)c(-c3ccc(-n4c5ccccc5c5cc(-c6ccccc6)ccc54)cc3)c2-c2ccc(-n3c4ccccc4c4cc(-c5ccccc5)ccc43)cc2)cc1. The summed E-state index contributed by atoms with van der Waals surface area (Å²) in [7, 11) is 0. The molecular weight excluding hydrogens is 1260 g/mol. The molecule has 20 rings (SSSR count). The van der Waals surface area contributed by atoms with E-state index in [1.807, 2.05) is 18.5 Å². The predicted molar refractivity (Wildman–Crippen MR) is 434 cm³/mol. The highest BCUT2D eigenvalue weighted by Gasteiger charge is 2.30. The number of para-hydroxylation sites is 4. The Kier molecular flexibility index (Phi) is 14.0. The van der Waals surface area contributed by atoms with Gasteiger partial charge >= 0.3 is 0 Å². The zero-order valence-electron chi connectivity index (χ0n) is 57.2. The third-order valence-electron chi connectivity index (χ3n) is 21.4. The van der Waals surface area contributed by atoms with Gasteiger partial charge in [-0.15, -0.1) is 0 Å². The molecule has 0 radical (unpaired) electrons. The van der Waals surface area contributed by atoms with E-state index in [1.54, 1.807) is 0 Å². The molecule has 0 unspecified atom stereocenters. The molecule has 0 saturated heterocycles. The summed E-state index contributed by atoms with van der Waals surface area (Å²) >= 11 is 0. The van der Waals surface area contributed by atoms with Gasteiger partial charge in [0.15, 0.2) is 0 Å². The van der Waals surface area contributed by atoms with E-state index in [0.29, 0.717) is 5.56 Å². The molecule has 0 aliphatic rings. The topological polar surface area (TPSA) is 56.4 Å². The lowest BCUT2D eigenvalue weighted by molar-refractivity contribution is 1.18. The predicted octanol–water partition coefficient (Wildman–Crippen LogP) is 25.6. The molecule has 0 fully saturated rings. The summed E-state index contributed by atoms with van der Waals surface area (Å²) in [5.74, 6) is 0. The van der Waals surface area contributed by atoms with Crippen molar-refractivity contribution in [2.75, 3.05) is 0 Å². The van der Waals surface area contributed by atoms with E-state index in [4.69, 9.17) is 4.98 Å². The molecule has 0 N–H and O–H groups in total. The summed E-state index contributed by atoms with van der Waals surface area (Å²) in [6, 6.07) is 127. The molecule has 6 nitrogen and oxygen atoms in total. The Balaban J connectivity index is 0.862. The van der Waals surface area contributed by atoms with Gasteiger partial charge in [-0.3, -0.25) is 4.98 Å². The summed E-state index contributed by atoms with van der Waals surface area (Å²) < 4.78 is 9.55. The maximum absolute atomic E-state index is 12.6. The van der Waals surface area contributed by atoms with Crippen LogP contribution in [0.25, 0.3) is 188 Å². The van der Waals surface area contributed by atoms with Gasteiger partial charge in [0.2, 0.25) is 0 Å². The van der Waals surface area contributed by atoms with E-state index in [1.165, 1.54) is 76.5 Å². The Labute approximate surface area is 601 Å². The molecule has 0 aliphatic carbocycles. The first-order valence-electron chi connectivity index (χ1n) is 35.5. The maximum Gasteiger partial charge on any atom is 0.100 e. The molecule has 0 spiro atoms. The van der Waals surface area contributed by atoms with Crippen molar-refractivity contribution in [3.8, 4) is 107 Å². The van der Waals surface area contributed by atoms with Gasteiger partial charge in [0, 0.05) is 94.9 Å². The lowest BCUT2D eigenvalue weighted by atomic mass is 9.76. The number of aromatic nitrogens is 5. The van der Waals surface area contributed by atoms with Crippen LogP contribution in [0.5, 0.6) is 0 Å². The Hall–Kier alpha value is -13.9. The van der Waals surface area contributed by atoms with Gasteiger partial charge in [0.25, 0.3) is 0 Å². The van der Waals surface area contributed by atoms with Crippen LogP contribution in [0.4, 0.5) is 0 Å². The van der Waals surface area contributed by atoms with Crippen LogP contribution >= 0.6 is 0 Å². The van der Waals surface area contributed by atoms with Crippen LogP contribution < -0.4 is 0 Å². The number of benzene rings is 15. The van der Waals surface area contributed by atoms with Crippen LogP contribution in [0.15, 0.2) is 352 Å². The third-order valence-corrected chi connectivity index (χ3v) is 21.4. The van der Waals surface area contributed by atoms with E-state index in [9.17, 15) is 5.26 Å². The molecule has 0 aliphatic heterocycles. The van der Waals surface area contributed by atoms with Crippen molar-refractivity contribution in [1.82, 2.24) is 23.3 Å². The summed E-state index contributed by atoms with van der Waals surface area (Å²) in [6.07, 6.45) is 3.74. The van der Waals surface area contributed by atoms with E-state index in [0.717, 1.165) is 123 Å². The lowest BCUT2D eigenvalue weighted by Crippen LogP contribution is -2.03. The minimum atomic E-state index is 0.547. The molecule has 5 aromatic heterocycles. The Morgan fingerprint density at radius 2 is 0.510 bits per heavy atom. The average Bonchev–Trinajstić information content (AvgIpc) is 1.00. The molecule has 0 saturated carbocycles. The van der Waals surface area contributed by atoms with Gasteiger partial charge in [-0.05, 0) is 202 Å². The Bertz CT molecular complexity index is 6870. The highest BCUT2D eigenvalue weighted by molar-refractivity contribution is 6.15. The normalized spacial score (nSPS) is 11.7. The highest BCUT2D eigenvalue weighted by Crippen LogP contribution is 2.54. The number of pyridine rings is 1. The highest BCUT2D eigenvalue weighted by atomic mass is 15.0. The van der Waals surface area contributed by atoms with Crippen LogP contribution in [-0.2, 0) is 0 Å². The second-order valence-corrected chi connectivity index (χ2v) is 27.4. The molecule has 6 heteroatoms. The molecule has 0 amide bonds. The summed E-state index contributed by atoms with van der Waals surface area (Å²) in [4.78, 5) is 4.85. The summed E-state index contributed by atoms with van der Waals surface area (Å²) in [6.45, 7) is 4.32. The van der Waals surface area contributed by atoms with Gasteiger partial charge in [-0.1, -0.05) is 223 Å². The Morgan fingerprint density at radius 1 is 0.231 bits per heavy atom. The fourth-order valence-corrected chi connectivity index (χ4v) is 16.8. The van der Waals surface area contributed by atoms with Crippen molar-refractivity contribution in [3.63, 3.8) is 0 Å². The van der Waals surface area contributed by atoms with Crippen LogP contribution in [-0.4, -0.2) is 23.3 Å². The zero-order valence-corrected chi connectivity index (χ0v) is 57.2. The molecule has 5 heterocycles. The number of aryl methyl sites for hydroxylation is 2. The number of rotatable bonds is 11. The van der Waals surface area contributed by atoms with Crippen molar-refractivity contribution >= 4 is 87.2 Å². The minimum absolute atomic E-state index is 0.547. The smallest absolute Gasteiger partial charge is 0.100 e. The molecule has 0 atom stereocenters. The van der Waals surface area contributed by atoms with Crippen molar-refractivity contribution in [1.29, 1.82) is 5.26 Å². The fraction of sp³-hybridized carbons (Fsp3) is 0.0204. The van der Waals surface area contributed by atoms with Gasteiger partial charge in [0.05, 0.1) is 49.7 Å². The quantitative estimate of drug-likeness (QED) is 0.130. The number of fused-ring (bicyclic) bond motifs is 12. The molecule has 0 bridgehead atoms. The van der Waals surface area contributed by atoms with Crippen molar-refractivity contribution in [2.45, 2.75) is 13.8 Å². The third kappa shape index (κ3) is 9.59. The summed E-state index contributed by atoms with van der Waals surface area (Å²) in [5, 5.41) is 22.1. The van der Waals surface area contributed by atoms with E-state index >= 15 is 0 Å². The molecule has 20 aromatic rings. The van der Waals surface area contributed by atoms with Gasteiger partial charge in [-0.25, -0.2) is 0 Å². The fourth-order valence-electron chi connectivity index (χ4n) is 16.8. The van der Waals surface area contributed by atoms with E-state index in [2.05, 4.69) is 372 Å². The average molecular weight is 1330 g/mol. The van der Waals surface area contributed by atoms with E-state index < -0.39 is 0 Å². The standard InChI is InChI=1S/C98H64N6/c1-62-31-51-90-81(56-62)77-23-9-13-27-86(77)101(90)73-43-33-66(34-44-73)94-85(60-99)95(72-22-17-55-100-61-72)97(68-37-47-74(48-38-68)102-87-28-14-10-24-78(87)82-57-63(2)32-52-91(82)102)98(69-39-49-76(50-40-69)104-89-30-16-12-26-80(89)84-59-71(42-54-93(84)104)65-20-7-4-8-21-65)96(94)67-35-45-75(46-36-67)103-88-29-15-11-25-79(88)83-58-70(41-53-92(83)103)64-18-5-3-6-19-64/h3-59,61H,1-2H3. The summed E-state index contributed by atoms with van der Waals surface area (Å²) in [5.41, 5.74) is 29.9.